The van der Waals surface area contributed by atoms with Gasteiger partial charge in [0.2, 0.25) is 11.8 Å². The molecule has 1 aromatic carbocycles. The molecule has 21 heavy (non-hydrogen) atoms. The first-order chi connectivity index (χ1) is 10.2. The third-order valence-corrected chi connectivity index (χ3v) is 3.72. The molecule has 0 spiro atoms. The molecular weight excluding hydrogens is 266 g/mol. The van der Waals surface area contributed by atoms with Crippen molar-refractivity contribution >= 4 is 17.5 Å². The van der Waals surface area contributed by atoms with Crippen LogP contribution >= 0.6 is 0 Å². The Morgan fingerprint density at radius 1 is 1.24 bits per heavy atom. The molecule has 1 aromatic rings. The van der Waals surface area contributed by atoms with Crippen LogP contribution in [-0.2, 0) is 16.1 Å². The van der Waals surface area contributed by atoms with E-state index in [-0.39, 0.29) is 24.2 Å². The monoisotopic (exact) mass is 285 g/mol. The summed E-state index contributed by atoms with van der Waals surface area (Å²) < 4.78 is 0. The number of nitrogens with one attached hydrogen (secondary N) is 2. The number of anilines is 1. The molecule has 0 aliphatic heterocycles. The van der Waals surface area contributed by atoms with Crippen LogP contribution in [0.25, 0.3) is 0 Å². The lowest BCUT2D eigenvalue weighted by molar-refractivity contribution is -0.120. The van der Waals surface area contributed by atoms with Crippen molar-refractivity contribution in [1.82, 2.24) is 5.32 Å². The number of nitriles is 1. The third-order valence-electron chi connectivity index (χ3n) is 3.72. The van der Waals surface area contributed by atoms with Crippen LogP contribution in [-0.4, -0.2) is 11.8 Å². The second-order valence-corrected chi connectivity index (χ2v) is 5.24. The maximum Gasteiger partial charge on any atom is 0.234 e. The Hall–Kier alpha value is -2.35. The maximum absolute atomic E-state index is 12.2. The van der Waals surface area contributed by atoms with Crippen molar-refractivity contribution in [3.8, 4) is 6.07 Å². The largest absolute Gasteiger partial charge is 0.351 e. The van der Waals surface area contributed by atoms with Gasteiger partial charge in [-0.05, 0) is 24.5 Å². The number of hydrogen-bond acceptors (Lipinski definition) is 3. The number of carbonyl (C=O) groups is 2. The second kappa shape index (κ2) is 7.44. The Bertz CT molecular complexity index is 557. The van der Waals surface area contributed by atoms with Gasteiger partial charge in [0.1, 0.15) is 6.42 Å². The fraction of sp³-hybridized carbons (Fsp3) is 0.438. The van der Waals surface area contributed by atoms with Gasteiger partial charge in [-0.3, -0.25) is 9.59 Å². The lowest BCUT2D eigenvalue weighted by Crippen LogP contribution is -2.24. The summed E-state index contributed by atoms with van der Waals surface area (Å²) in [4.78, 5) is 23.5. The van der Waals surface area contributed by atoms with Crippen LogP contribution in [0.1, 0.15) is 37.7 Å². The van der Waals surface area contributed by atoms with Crippen molar-refractivity contribution in [2.24, 2.45) is 5.92 Å². The Morgan fingerprint density at radius 3 is 2.67 bits per heavy atom. The highest BCUT2D eigenvalue weighted by Crippen LogP contribution is 2.26. The van der Waals surface area contributed by atoms with Crippen LogP contribution in [0.2, 0.25) is 0 Å². The molecule has 0 aromatic heterocycles. The van der Waals surface area contributed by atoms with Gasteiger partial charge in [-0.15, -0.1) is 0 Å². The molecule has 0 bridgehead atoms. The molecule has 5 nitrogen and oxygen atoms in total. The SMILES string of the molecule is N#CCC(=O)NCc1ccccc1NC(=O)C1CCCC1. The molecule has 2 amide bonds. The molecule has 0 unspecified atom stereocenters. The van der Waals surface area contributed by atoms with E-state index in [0.717, 1.165) is 36.9 Å². The van der Waals surface area contributed by atoms with E-state index < -0.39 is 0 Å². The molecular formula is C16H19N3O2. The molecule has 1 aliphatic carbocycles. The number of nitrogens with zero attached hydrogens (tertiary/aromatic N) is 1. The fourth-order valence-electron chi connectivity index (χ4n) is 2.55. The van der Waals surface area contributed by atoms with Crippen LogP contribution < -0.4 is 10.6 Å². The molecule has 0 radical (unpaired) electrons. The minimum atomic E-state index is -0.311. The lowest BCUT2D eigenvalue weighted by atomic mass is 10.1. The zero-order valence-corrected chi connectivity index (χ0v) is 11.9. The number of hydrogen-bond donors (Lipinski definition) is 2. The minimum Gasteiger partial charge on any atom is -0.351 e. The van der Waals surface area contributed by atoms with E-state index in [1.54, 1.807) is 6.07 Å². The van der Waals surface area contributed by atoms with E-state index in [1.165, 1.54) is 0 Å². The van der Waals surface area contributed by atoms with Crippen LogP contribution in [0.4, 0.5) is 5.69 Å². The Balaban J connectivity index is 1.97. The van der Waals surface area contributed by atoms with E-state index >= 15 is 0 Å². The first kappa shape index (κ1) is 15.0. The Kier molecular flexibility index (Phi) is 5.33. The number of carbonyl (C=O) groups excluding carboxylic acids is 2. The number of rotatable bonds is 5. The van der Waals surface area contributed by atoms with Gasteiger partial charge < -0.3 is 10.6 Å². The predicted octanol–water partition coefficient (Wildman–Crippen LogP) is 2.35. The van der Waals surface area contributed by atoms with Gasteiger partial charge in [-0.2, -0.15) is 5.26 Å². The fourth-order valence-corrected chi connectivity index (χ4v) is 2.55. The van der Waals surface area contributed by atoms with Crippen LogP contribution in [0.3, 0.4) is 0 Å². The van der Waals surface area contributed by atoms with Gasteiger partial charge in [0.15, 0.2) is 0 Å². The molecule has 0 atom stereocenters. The predicted molar refractivity (Wildman–Crippen MR) is 79.1 cm³/mol. The zero-order valence-electron chi connectivity index (χ0n) is 11.9. The van der Waals surface area contributed by atoms with Crippen molar-refractivity contribution < 1.29 is 9.59 Å². The Labute approximate surface area is 124 Å². The average Bonchev–Trinajstić information content (AvgIpc) is 3.01. The van der Waals surface area contributed by atoms with Gasteiger partial charge in [0.25, 0.3) is 0 Å². The molecule has 110 valence electrons. The van der Waals surface area contributed by atoms with Crippen molar-refractivity contribution in [2.45, 2.75) is 38.6 Å². The van der Waals surface area contributed by atoms with Crippen LogP contribution in [0.15, 0.2) is 24.3 Å². The average molecular weight is 285 g/mol. The van der Waals surface area contributed by atoms with Crippen molar-refractivity contribution in [3.63, 3.8) is 0 Å². The number of para-hydroxylation sites is 1. The van der Waals surface area contributed by atoms with Gasteiger partial charge in [-0.1, -0.05) is 31.0 Å². The van der Waals surface area contributed by atoms with Crippen molar-refractivity contribution in [3.05, 3.63) is 29.8 Å². The van der Waals surface area contributed by atoms with Crippen LogP contribution in [0.5, 0.6) is 0 Å². The highest BCUT2D eigenvalue weighted by Gasteiger charge is 2.23. The highest BCUT2D eigenvalue weighted by atomic mass is 16.2. The quantitative estimate of drug-likeness (QED) is 0.871. The first-order valence-corrected chi connectivity index (χ1v) is 7.23. The molecule has 2 rings (SSSR count). The van der Waals surface area contributed by atoms with E-state index in [2.05, 4.69) is 10.6 Å². The summed E-state index contributed by atoms with van der Waals surface area (Å²) in [7, 11) is 0. The Morgan fingerprint density at radius 2 is 1.95 bits per heavy atom. The standard InChI is InChI=1S/C16H19N3O2/c17-10-9-15(20)18-11-13-7-3-4-8-14(13)19-16(21)12-5-1-2-6-12/h3-4,7-8,12H,1-2,5-6,9,11H2,(H,18,20)(H,19,21). The summed E-state index contributed by atoms with van der Waals surface area (Å²) in [6.07, 6.45) is 3.98. The second-order valence-electron chi connectivity index (χ2n) is 5.24. The van der Waals surface area contributed by atoms with E-state index in [1.807, 2.05) is 24.3 Å². The van der Waals surface area contributed by atoms with E-state index in [0.29, 0.717) is 6.54 Å². The molecule has 1 aliphatic rings. The highest BCUT2D eigenvalue weighted by molar-refractivity contribution is 5.93. The van der Waals surface area contributed by atoms with E-state index in [9.17, 15) is 9.59 Å². The van der Waals surface area contributed by atoms with Crippen molar-refractivity contribution in [2.75, 3.05) is 5.32 Å². The summed E-state index contributed by atoms with van der Waals surface area (Å²) in [5.41, 5.74) is 1.57. The van der Waals surface area contributed by atoms with Crippen LogP contribution in [0, 0.1) is 17.2 Å². The molecule has 5 heteroatoms. The molecule has 1 saturated carbocycles. The lowest BCUT2D eigenvalue weighted by Gasteiger charge is -2.14. The minimum absolute atomic E-state index is 0.0586. The smallest absolute Gasteiger partial charge is 0.234 e. The molecule has 1 fully saturated rings. The summed E-state index contributed by atoms with van der Waals surface area (Å²) in [6.45, 7) is 0.307. The summed E-state index contributed by atoms with van der Waals surface area (Å²) >= 11 is 0. The van der Waals surface area contributed by atoms with Gasteiger partial charge >= 0.3 is 0 Å². The van der Waals surface area contributed by atoms with Gasteiger partial charge in [-0.25, -0.2) is 0 Å². The van der Waals surface area contributed by atoms with Crippen molar-refractivity contribution in [1.29, 1.82) is 5.26 Å². The number of benzene rings is 1. The van der Waals surface area contributed by atoms with Gasteiger partial charge in [0.05, 0.1) is 6.07 Å². The number of amides is 2. The molecule has 0 saturated heterocycles. The zero-order chi connectivity index (χ0) is 15.1. The normalized spacial score (nSPS) is 14.4. The summed E-state index contributed by atoms with van der Waals surface area (Å²) in [6, 6.07) is 9.21. The third kappa shape index (κ3) is 4.32. The topological polar surface area (TPSA) is 82.0 Å². The molecule has 2 N–H and O–H groups in total. The summed E-state index contributed by atoms with van der Waals surface area (Å²) in [5, 5.41) is 14.1. The van der Waals surface area contributed by atoms with Gasteiger partial charge in [0, 0.05) is 18.2 Å². The summed E-state index contributed by atoms with van der Waals surface area (Å²) in [5.74, 6) is -0.149. The molecule has 0 heterocycles. The first-order valence-electron chi connectivity index (χ1n) is 7.23. The maximum atomic E-state index is 12.2. The van der Waals surface area contributed by atoms with E-state index in [4.69, 9.17) is 5.26 Å².